The average molecular weight is 299 g/mol. The lowest BCUT2D eigenvalue weighted by Crippen LogP contribution is -2.06. The molecular weight excluding hydrogens is 282 g/mol. The summed E-state index contributed by atoms with van der Waals surface area (Å²) in [6.07, 6.45) is 0. The molecule has 1 atom stereocenters. The molecule has 0 aliphatic heterocycles. The summed E-state index contributed by atoms with van der Waals surface area (Å²) in [7, 11) is 0. The number of tetrazole rings is 1. The van der Waals surface area contributed by atoms with Crippen LogP contribution in [0.5, 0.6) is 0 Å². The van der Waals surface area contributed by atoms with Gasteiger partial charge in [-0.2, -0.15) is 4.68 Å². The number of hydrogen-bond donors (Lipinski definition) is 1. The standard InChI is InChI=1S/C15H17N5S/c1-10-7-8-15(21-10)11(2)16-13-5-4-6-14(9-13)20-12(3)17-18-19-20/h4-9,11,16H,1-3H3. The number of nitrogens with one attached hydrogen (secondary N) is 1. The number of nitrogens with zero attached hydrogens (tertiary/aromatic N) is 4. The molecule has 0 saturated carbocycles. The maximum Gasteiger partial charge on any atom is 0.153 e. The maximum absolute atomic E-state index is 4.00. The minimum atomic E-state index is 0.272. The molecule has 1 aromatic carbocycles. The van der Waals surface area contributed by atoms with E-state index in [1.165, 1.54) is 9.75 Å². The lowest BCUT2D eigenvalue weighted by Gasteiger charge is -2.14. The highest BCUT2D eigenvalue weighted by molar-refractivity contribution is 7.12. The van der Waals surface area contributed by atoms with Crippen molar-refractivity contribution in [2.45, 2.75) is 26.8 Å². The minimum Gasteiger partial charge on any atom is -0.378 e. The Labute approximate surface area is 127 Å². The van der Waals surface area contributed by atoms with Gasteiger partial charge in [-0.15, -0.1) is 16.4 Å². The second kappa shape index (κ2) is 5.65. The van der Waals surface area contributed by atoms with Crippen molar-refractivity contribution in [3.8, 4) is 5.69 Å². The van der Waals surface area contributed by atoms with Gasteiger partial charge in [-0.25, -0.2) is 0 Å². The molecule has 5 nitrogen and oxygen atoms in total. The van der Waals surface area contributed by atoms with Crippen LogP contribution >= 0.6 is 11.3 Å². The Kier molecular flexibility index (Phi) is 3.70. The second-order valence-electron chi connectivity index (χ2n) is 5.00. The number of thiophene rings is 1. The lowest BCUT2D eigenvalue weighted by molar-refractivity contribution is 0.779. The molecule has 0 spiro atoms. The molecule has 0 amide bonds. The topological polar surface area (TPSA) is 55.6 Å². The molecule has 2 heterocycles. The molecule has 3 aromatic rings. The zero-order valence-electron chi connectivity index (χ0n) is 12.2. The van der Waals surface area contributed by atoms with Gasteiger partial charge in [-0.3, -0.25) is 0 Å². The van der Waals surface area contributed by atoms with Crippen LogP contribution in [0.1, 0.15) is 28.5 Å². The van der Waals surface area contributed by atoms with Crippen molar-refractivity contribution < 1.29 is 0 Å². The predicted octanol–water partition coefficient (Wildman–Crippen LogP) is 3.51. The number of benzene rings is 1. The smallest absolute Gasteiger partial charge is 0.153 e. The first kappa shape index (κ1) is 13.8. The number of rotatable bonds is 4. The summed E-state index contributed by atoms with van der Waals surface area (Å²) >= 11 is 1.82. The third-order valence-electron chi connectivity index (χ3n) is 3.29. The summed E-state index contributed by atoms with van der Waals surface area (Å²) in [5.41, 5.74) is 2.01. The zero-order chi connectivity index (χ0) is 14.8. The van der Waals surface area contributed by atoms with Gasteiger partial charge < -0.3 is 5.32 Å². The summed E-state index contributed by atoms with van der Waals surface area (Å²) < 4.78 is 1.73. The van der Waals surface area contributed by atoms with Gasteiger partial charge in [0, 0.05) is 15.4 Å². The van der Waals surface area contributed by atoms with Gasteiger partial charge >= 0.3 is 0 Å². The van der Waals surface area contributed by atoms with Crippen molar-refractivity contribution in [1.82, 2.24) is 20.2 Å². The molecule has 0 aliphatic carbocycles. The van der Waals surface area contributed by atoms with Crippen LogP contribution in [0.25, 0.3) is 5.69 Å². The SMILES string of the molecule is Cc1ccc(C(C)Nc2cccc(-n3nnnc3C)c2)s1. The number of aromatic nitrogens is 4. The maximum atomic E-state index is 4.00. The lowest BCUT2D eigenvalue weighted by atomic mass is 10.2. The molecule has 0 fully saturated rings. The van der Waals surface area contributed by atoms with E-state index in [0.717, 1.165) is 17.2 Å². The molecule has 3 rings (SSSR count). The quantitative estimate of drug-likeness (QED) is 0.801. The molecule has 0 bridgehead atoms. The number of hydrogen-bond acceptors (Lipinski definition) is 5. The van der Waals surface area contributed by atoms with E-state index in [4.69, 9.17) is 0 Å². The van der Waals surface area contributed by atoms with E-state index in [9.17, 15) is 0 Å². The molecule has 0 saturated heterocycles. The Morgan fingerprint density at radius 1 is 1.19 bits per heavy atom. The van der Waals surface area contributed by atoms with Crippen LogP contribution in [0.2, 0.25) is 0 Å². The first-order chi connectivity index (χ1) is 10.1. The zero-order valence-corrected chi connectivity index (χ0v) is 13.1. The van der Waals surface area contributed by atoms with E-state index in [-0.39, 0.29) is 6.04 Å². The number of anilines is 1. The molecule has 0 aliphatic rings. The van der Waals surface area contributed by atoms with E-state index in [1.54, 1.807) is 4.68 Å². The fourth-order valence-corrected chi connectivity index (χ4v) is 3.08. The summed E-state index contributed by atoms with van der Waals surface area (Å²) in [4.78, 5) is 2.66. The van der Waals surface area contributed by atoms with Crippen LogP contribution in [0.4, 0.5) is 5.69 Å². The summed E-state index contributed by atoms with van der Waals surface area (Å²) in [6, 6.07) is 12.7. The average Bonchev–Trinajstić information content (AvgIpc) is 3.08. The molecule has 0 radical (unpaired) electrons. The van der Waals surface area contributed by atoms with Crippen molar-refractivity contribution in [1.29, 1.82) is 0 Å². The van der Waals surface area contributed by atoms with Crippen LogP contribution in [-0.2, 0) is 0 Å². The van der Waals surface area contributed by atoms with Gasteiger partial charge in [0.15, 0.2) is 5.82 Å². The normalized spacial score (nSPS) is 12.3. The molecule has 2 aromatic heterocycles. The van der Waals surface area contributed by atoms with Gasteiger partial charge in [0.2, 0.25) is 0 Å². The third kappa shape index (κ3) is 2.95. The van der Waals surface area contributed by atoms with E-state index < -0.39 is 0 Å². The Balaban J connectivity index is 1.82. The molecular formula is C15H17N5S. The van der Waals surface area contributed by atoms with E-state index in [0.29, 0.717) is 0 Å². The fourth-order valence-electron chi connectivity index (χ4n) is 2.20. The van der Waals surface area contributed by atoms with Crippen LogP contribution in [-0.4, -0.2) is 20.2 Å². The first-order valence-electron chi connectivity index (χ1n) is 6.82. The van der Waals surface area contributed by atoms with Crippen LogP contribution in [0, 0.1) is 13.8 Å². The van der Waals surface area contributed by atoms with Crippen molar-refractivity contribution in [2.24, 2.45) is 0 Å². The molecule has 108 valence electrons. The fraction of sp³-hybridized carbons (Fsp3) is 0.267. The number of aryl methyl sites for hydroxylation is 2. The third-order valence-corrected chi connectivity index (χ3v) is 4.47. The van der Waals surface area contributed by atoms with E-state index in [2.05, 4.69) is 59.0 Å². The highest BCUT2D eigenvalue weighted by atomic mass is 32.1. The largest absolute Gasteiger partial charge is 0.378 e. The highest BCUT2D eigenvalue weighted by Crippen LogP contribution is 2.26. The predicted molar refractivity (Wildman–Crippen MR) is 85.0 cm³/mol. The summed E-state index contributed by atoms with van der Waals surface area (Å²) in [5, 5.41) is 15.1. The first-order valence-corrected chi connectivity index (χ1v) is 7.63. The Morgan fingerprint density at radius 3 is 2.71 bits per heavy atom. The van der Waals surface area contributed by atoms with Gasteiger partial charge in [0.05, 0.1) is 11.7 Å². The molecule has 21 heavy (non-hydrogen) atoms. The van der Waals surface area contributed by atoms with Crippen molar-refractivity contribution >= 4 is 17.0 Å². The minimum absolute atomic E-state index is 0.272. The van der Waals surface area contributed by atoms with Crippen LogP contribution in [0.3, 0.4) is 0 Å². The summed E-state index contributed by atoms with van der Waals surface area (Å²) in [5.74, 6) is 0.772. The Bertz CT molecular complexity index is 746. The van der Waals surface area contributed by atoms with Gasteiger partial charge in [0.1, 0.15) is 0 Å². The molecule has 1 N–H and O–H groups in total. The molecule has 6 heteroatoms. The second-order valence-corrected chi connectivity index (χ2v) is 6.32. The van der Waals surface area contributed by atoms with Gasteiger partial charge in [-0.05, 0) is 61.5 Å². The van der Waals surface area contributed by atoms with Gasteiger partial charge in [0.25, 0.3) is 0 Å². The van der Waals surface area contributed by atoms with Crippen molar-refractivity contribution in [2.75, 3.05) is 5.32 Å². The summed E-state index contributed by atoms with van der Waals surface area (Å²) in [6.45, 7) is 6.18. The Hall–Kier alpha value is -2.21. The van der Waals surface area contributed by atoms with E-state index >= 15 is 0 Å². The van der Waals surface area contributed by atoms with Crippen LogP contribution in [0.15, 0.2) is 36.4 Å². The van der Waals surface area contributed by atoms with Gasteiger partial charge in [-0.1, -0.05) is 6.07 Å². The highest BCUT2D eigenvalue weighted by Gasteiger charge is 2.09. The monoisotopic (exact) mass is 299 g/mol. The van der Waals surface area contributed by atoms with Crippen molar-refractivity contribution in [3.05, 3.63) is 52.0 Å². The molecule has 1 unspecified atom stereocenters. The van der Waals surface area contributed by atoms with Crippen molar-refractivity contribution in [3.63, 3.8) is 0 Å². The van der Waals surface area contributed by atoms with Crippen LogP contribution < -0.4 is 5.32 Å². The Morgan fingerprint density at radius 2 is 2.05 bits per heavy atom. The van der Waals surface area contributed by atoms with E-state index in [1.807, 2.05) is 30.4 Å².